The van der Waals surface area contributed by atoms with Crippen LogP contribution in [0.15, 0.2) is 0 Å². The maximum Gasteiger partial charge on any atom is 0.311 e. The maximum atomic E-state index is 14.3. The van der Waals surface area contributed by atoms with Gasteiger partial charge in [-0.05, 0) is 80.8 Å². The van der Waals surface area contributed by atoms with Gasteiger partial charge in [-0.2, -0.15) is 0 Å². The molecule has 13 nitrogen and oxygen atoms in total. The highest BCUT2D eigenvalue weighted by Crippen LogP contribution is 2.48. The molecule has 0 spiro atoms. The molecule has 4 aliphatic heterocycles. The Morgan fingerprint density at radius 3 is 2.24 bits per heavy atom. The number of rotatable bonds is 9. The van der Waals surface area contributed by atoms with Crippen LogP contribution in [-0.4, -0.2) is 143 Å². The minimum Gasteiger partial charge on any atom is -0.459 e. The molecule has 4 fully saturated rings. The summed E-state index contributed by atoms with van der Waals surface area (Å²) < 4.78 is 45.1. The van der Waals surface area contributed by atoms with Crippen LogP contribution in [0.2, 0.25) is 0 Å². The fourth-order valence-electron chi connectivity index (χ4n) is 9.20. The number of aliphatic hydroxyl groups is 4. The zero-order chi connectivity index (χ0) is 37.7. The number of carbonyl (C=O) groups is 1. The first kappa shape index (κ1) is 41.8. The lowest BCUT2D eigenvalue weighted by atomic mass is 9.76. The van der Waals surface area contributed by atoms with E-state index in [0.29, 0.717) is 12.8 Å². The largest absolute Gasteiger partial charge is 0.459 e. The number of esters is 1. The lowest BCUT2D eigenvalue weighted by Crippen LogP contribution is -2.60. The lowest BCUT2D eigenvalue weighted by molar-refractivity contribution is -0.318. The summed E-state index contributed by atoms with van der Waals surface area (Å²) in [7, 11) is 5.37. The third kappa shape index (κ3) is 8.08. The van der Waals surface area contributed by atoms with Gasteiger partial charge in [-0.3, -0.25) is 4.79 Å². The van der Waals surface area contributed by atoms with E-state index in [1.807, 2.05) is 46.7 Å². The fourth-order valence-corrected chi connectivity index (χ4v) is 9.20. The quantitative estimate of drug-likeness (QED) is 0.258. The second-order valence-electron chi connectivity index (χ2n) is 16.8. The van der Waals surface area contributed by atoms with Crippen molar-refractivity contribution in [3.8, 4) is 0 Å². The Morgan fingerprint density at radius 2 is 1.66 bits per heavy atom. The number of fused-ring (bicyclic) bond motifs is 2. The molecule has 4 N–H and O–H groups in total. The number of methoxy groups -OCH3 is 1. The number of hydrogen-bond donors (Lipinski definition) is 4. The first-order valence-electron chi connectivity index (χ1n) is 18.6. The average Bonchev–Trinajstić information content (AvgIpc) is 3.36. The molecular formula is C37H67NO12. The third-order valence-electron chi connectivity index (χ3n) is 12.4. The average molecular weight is 718 g/mol. The van der Waals surface area contributed by atoms with Gasteiger partial charge in [-0.15, -0.1) is 0 Å². The van der Waals surface area contributed by atoms with Gasteiger partial charge in [-0.25, -0.2) is 0 Å². The van der Waals surface area contributed by atoms with Gasteiger partial charge in [0.1, 0.15) is 23.9 Å². The Bertz CT molecular complexity index is 1140. The Hall–Kier alpha value is -0.970. The molecule has 50 heavy (non-hydrogen) atoms. The van der Waals surface area contributed by atoms with Gasteiger partial charge < -0.3 is 58.5 Å². The van der Waals surface area contributed by atoms with E-state index in [0.717, 1.165) is 0 Å². The molecular weight excluding hydrogens is 650 g/mol. The standard InChI is InChI=1S/C37H67NO12/c1-14-25(39)37(10,43)32-20(4)28-18(2)16-36(9,50-28)31(49-34-27(40)24(38(11)12)15-19(3)45-34)21(5)29(22(6)33(42)48-32)47-26-17-35(8,44-13)30(41)23(7)46-26/h18-32,34,39-41,43H,14-17H2,1-13H3/t18-,19-,20+,21+,22?,23+,24+,25-,26+,27-,28?,29?,30+,31-,32-,34+,35-,36-,37-/m1/s1. The van der Waals surface area contributed by atoms with E-state index in [4.69, 9.17) is 33.2 Å². The Morgan fingerprint density at radius 1 is 1.02 bits per heavy atom. The molecule has 0 aromatic heterocycles. The molecule has 4 rings (SSSR count). The molecule has 2 bridgehead atoms. The summed E-state index contributed by atoms with van der Waals surface area (Å²) in [6.45, 7) is 18.3. The van der Waals surface area contributed by atoms with E-state index in [-0.39, 0.29) is 30.9 Å². The van der Waals surface area contributed by atoms with Crippen LogP contribution in [-0.2, 0) is 38.0 Å². The SMILES string of the molecule is CC[C@@H](O)[C@@](C)(O)[C@@H]1OC(=O)C(C)C(O[C@H]2C[C@@](C)(OC)[C@@H](O)[C@H](C)O2)[C@H](C)[C@@H](O[C@@H]2O[C@H](C)C[C@H](N(C)C)[C@H]2O)[C@@]2(C)C[C@@H](C)C(O2)[C@@H]1C. The summed E-state index contributed by atoms with van der Waals surface area (Å²) in [5, 5.41) is 45.2. The fraction of sp³-hybridized carbons (Fsp3) is 0.973. The summed E-state index contributed by atoms with van der Waals surface area (Å²) in [6, 6.07) is -0.213. The van der Waals surface area contributed by atoms with Gasteiger partial charge in [0.15, 0.2) is 12.6 Å². The van der Waals surface area contributed by atoms with Crippen LogP contribution in [0, 0.1) is 23.7 Å². The van der Waals surface area contributed by atoms with Crippen LogP contribution >= 0.6 is 0 Å². The van der Waals surface area contributed by atoms with Crippen LogP contribution in [0.4, 0.5) is 0 Å². The van der Waals surface area contributed by atoms with Crippen LogP contribution < -0.4 is 0 Å². The smallest absolute Gasteiger partial charge is 0.311 e. The van der Waals surface area contributed by atoms with Crippen LogP contribution in [0.25, 0.3) is 0 Å². The van der Waals surface area contributed by atoms with Crippen molar-refractivity contribution in [2.24, 2.45) is 23.7 Å². The minimum atomic E-state index is -1.78. The first-order valence-corrected chi connectivity index (χ1v) is 18.6. The molecule has 292 valence electrons. The highest BCUT2D eigenvalue weighted by Gasteiger charge is 2.59. The number of cyclic esters (lactones) is 1. The van der Waals surface area contributed by atoms with Gasteiger partial charge in [0.25, 0.3) is 0 Å². The summed E-state index contributed by atoms with van der Waals surface area (Å²) in [4.78, 5) is 16.3. The molecule has 0 aliphatic carbocycles. The molecule has 0 radical (unpaired) electrons. The van der Waals surface area contributed by atoms with Gasteiger partial charge in [-0.1, -0.05) is 27.7 Å². The molecule has 4 aliphatic rings. The maximum absolute atomic E-state index is 14.3. The molecule has 0 amide bonds. The monoisotopic (exact) mass is 717 g/mol. The van der Waals surface area contributed by atoms with Crippen molar-refractivity contribution >= 4 is 5.97 Å². The van der Waals surface area contributed by atoms with Crippen molar-refractivity contribution in [3.63, 3.8) is 0 Å². The lowest BCUT2D eigenvalue weighted by Gasteiger charge is -2.48. The third-order valence-corrected chi connectivity index (χ3v) is 12.4. The summed E-state index contributed by atoms with van der Waals surface area (Å²) in [5.74, 6) is -2.67. The topological polar surface area (TPSA) is 166 Å². The van der Waals surface area contributed by atoms with Crippen molar-refractivity contribution in [1.29, 1.82) is 0 Å². The van der Waals surface area contributed by atoms with Crippen LogP contribution in [0.3, 0.4) is 0 Å². The van der Waals surface area contributed by atoms with Crippen molar-refractivity contribution < 1.29 is 58.4 Å². The molecule has 0 aromatic carbocycles. The zero-order valence-electron chi connectivity index (χ0n) is 32.6. The normalized spacial score (nSPS) is 49.6. The Kier molecular flexibility index (Phi) is 13.2. The molecule has 3 unspecified atom stereocenters. The van der Waals surface area contributed by atoms with E-state index in [1.165, 1.54) is 14.0 Å². The molecule has 4 heterocycles. The van der Waals surface area contributed by atoms with Crippen molar-refractivity contribution in [1.82, 2.24) is 4.90 Å². The number of nitrogens with zero attached hydrogens (tertiary/aromatic N) is 1. The van der Waals surface area contributed by atoms with E-state index in [1.54, 1.807) is 27.7 Å². The number of hydrogen-bond acceptors (Lipinski definition) is 13. The molecule has 0 saturated carbocycles. The summed E-state index contributed by atoms with van der Waals surface area (Å²) in [5.41, 5.74) is -3.72. The number of likely N-dealkylation sites (N-methyl/N-ethyl adjacent to an activating group) is 1. The van der Waals surface area contributed by atoms with Gasteiger partial charge in [0.05, 0.1) is 53.7 Å². The van der Waals surface area contributed by atoms with Gasteiger partial charge >= 0.3 is 5.97 Å². The van der Waals surface area contributed by atoms with Gasteiger partial charge in [0, 0.05) is 31.4 Å². The van der Waals surface area contributed by atoms with E-state index in [2.05, 4.69) is 6.92 Å². The van der Waals surface area contributed by atoms with Crippen molar-refractivity contribution in [2.45, 2.75) is 185 Å². The predicted molar refractivity (Wildman–Crippen MR) is 184 cm³/mol. The Balaban J connectivity index is 1.82. The first-order chi connectivity index (χ1) is 23.1. The second kappa shape index (κ2) is 15.8. The zero-order valence-corrected chi connectivity index (χ0v) is 32.6. The van der Waals surface area contributed by atoms with Gasteiger partial charge in [0.2, 0.25) is 0 Å². The molecule has 0 aromatic rings. The highest BCUT2D eigenvalue weighted by molar-refractivity contribution is 5.73. The van der Waals surface area contributed by atoms with Crippen molar-refractivity contribution in [3.05, 3.63) is 0 Å². The van der Waals surface area contributed by atoms with Crippen molar-refractivity contribution in [2.75, 3.05) is 21.2 Å². The number of carbonyl (C=O) groups excluding carboxylic acids is 1. The molecule has 13 heteroatoms. The van der Waals surface area contributed by atoms with E-state index >= 15 is 0 Å². The van der Waals surface area contributed by atoms with E-state index in [9.17, 15) is 25.2 Å². The van der Waals surface area contributed by atoms with Crippen LogP contribution in [0.5, 0.6) is 0 Å². The number of ether oxygens (including phenoxy) is 7. The molecule has 19 atom stereocenters. The summed E-state index contributed by atoms with van der Waals surface area (Å²) >= 11 is 0. The predicted octanol–water partition coefficient (Wildman–Crippen LogP) is 2.62. The molecule has 4 saturated heterocycles. The minimum absolute atomic E-state index is 0.0580. The van der Waals surface area contributed by atoms with Crippen LogP contribution in [0.1, 0.15) is 94.9 Å². The summed E-state index contributed by atoms with van der Waals surface area (Å²) in [6.07, 6.45) is -7.36. The highest BCUT2D eigenvalue weighted by atomic mass is 16.7. The van der Waals surface area contributed by atoms with E-state index < -0.39 is 102 Å². The Labute approximate surface area is 299 Å². The number of aliphatic hydroxyl groups excluding tert-OH is 3. The second-order valence-corrected chi connectivity index (χ2v) is 16.8.